The monoisotopic (exact) mass is 420 g/mol. The molecule has 3 aromatic rings. The lowest BCUT2D eigenvalue weighted by Gasteiger charge is -2.21. The van der Waals surface area contributed by atoms with Crippen LogP contribution in [0.25, 0.3) is 10.9 Å². The minimum atomic E-state index is -0.157. The maximum absolute atomic E-state index is 12.6. The first-order valence-corrected chi connectivity index (χ1v) is 10.9. The molecule has 1 atom stereocenters. The smallest absolute Gasteiger partial charge is 0.258 e. The number of nitrogens with zero attached hydrogens (tertiary/aromatic N) is 2. The van der Waals surface area contributed by atoms with Gasteiger partial charge in [0.15, 0.2) is 0 Å². The molecule has 0 aliphatic carbocycles. The van der Waals surface area contributed by atoms with Gasteiger partial charge in [0.1, 0.15) is 5.82 Å². The fourth-order valence-electron chi connectivity index (χ4n) is 3.69. The number of hydrogen-bond donors (Lipinski definition) is 2. The lowest BCUT2D eigenvalue weighted by atomic mass is 10.00. The highest BCUT2D eigenvalue weighted by Gasteiger charge is 2.15. The van der Waals surface area contributed by atoms with Gasteiger partial charge in [0.25, 0.3) is 5.56 Å². The Labute approximate surface area is 183 Å². The van der Waals surface area contributed by atoms with Crippen molar-refractivity contribution in [3.05, 3.63) is 75.8 Å². The fourth-order valence-corrected chi connectivity index (χ4v) is 3.69. The SMILES string of the molecule is CCN(CC(=O)NC(C)c1ccc(CC(C)C)cc1)Cc1nc2ccccc2c(=O)[nH]1. The summed E-state index contributed by atoms with van der Waals surface area (Å²) in [4.78, 5) is 34.2. The summed E-state index contributed by atoms with van der Waals surface area (Å²) in [6.45, 7) is 9.71. The van der Waals surface area contributed by atoms with Crippen LogP contribution >= 0.6 is 0 Å². The molecule has 0 bridgehead atoms. The highest BCUT2D eigenvalue weighted by molar-refractivity contribution is 5.78. The van der Waals surface area contributed by atoms with Crippen LogP contribution in [0.3, 0.4) is 0 Å². The van der Waals surface area contributed by atoms with Crippen LogP contribution in [0.5, 0.6) is 0 Å². The molecule has 2 N–H and O–H groups in total. The lowest BCUT2D eigenvalue weighted by molar-refractivity contribution is -0.123. The van der Waals surface area contributed by atoms with Crippen molar-refractivity contribution in [3.8, 4) is 0 Å². The van der Waals surface area contributed by atoms with E-state index in [0.29, 0.717) is 35.7 Å². The molecule has 0 spiro atoms. The first kappa shape index (κ1) is 22.7. The van der Waals surface area contributed by atoms with Crippen molar-refractivity contribution in [2.45, 2.75) is 46.7 Å². The van der Waals surface area contributed by atoms with Gasteiger partial charge in [0.05, 0.1) is 30.0 Å². The van der Waals surface area contributed by atoms with Gasteiger partial charge in [0, 0.05) is 0 Å². The standard InChI is InChI=1S/C25H32N4O2/c1-5-29(15-23-27-22-9-7-6-8-21(22)25(31)28-23)16-24(30)26-18(4)20-12-10-19(11-13-20)14-17(2)3/h6-13,17-18H,5,14-16H2,1-4H3,(H,26,30)(H,27,28,31). The van der Waals surface area contributed by atoms with E-state index < -0.39 is 0 Å². The summed E-state index contributed by atoms with van der Waals surface area (Å²) in [6.07, 6.45) is 1.05. The van der Waals surface area contributed by atoms with E-state index in [4.69, 9.17) is 0 Å². The predicted octanol–water partition coefficient (Wildman–Crippen LogP) is 3.82. The number of nitrogens with one attached hydrogen (secondary N) is 2. The van der Waals surface area contributed by atoms with E-state index >= 15 is 0 Å². The van der Waals surface area contributed by atoms with Crippen molar-refractivity contribution in [2.75, 3.05) is 13.1 Å². The molecule has 6 heteroatoms. The second-order valence-electron chi connectivity index (χ2n) is 8.46. The van der Waals surface area contributed by atoms with Gasteiger partial charge in [-0.1, -0.05) is 57.2 Å². The largest absolute Gasteiger partial charge is 0.348 e. The molecular weight excluding hydrogens is 388 g/mol. The van der Waals surface area contributed by atoms with Gasteiger partial charge >= 0.3 is 0 Å². The highest BCUT2D eigenvalue weighted by Crippen LogP contribution is 2.15. The van der Waals surface area contributed by atoms with Crippen LogP contribution in [0, 0.1) is 5.92 Å². The summed E-state index contributed by atoms with van der Waals surface area (Å²) < 4.78 is 0. The Morgan fingerprint density at radius 2 is 1.81 bits per heavy atom. The van der Waals surface area contributed by atoms with Gasteiger partial charge in [-0.15, -0.1) is 0 Å². The van der Waals surface area contributed by atoms with E-state index in [9.17, 15) is 9.59 Å². The molecule has 0 saturated carbocycles. The van der Waals surface area contributed by atoms with E-state index in [1.165, 1.54) is 5.56 Å². The number of rotatable bonds is 9. The van der Waals surface area contributed by atoms with Crippen LogP contribution in [0.4, 0.5) is 0 Å². The molecule has 6 nitrogen and oxygen atoms in total. The van der Waals surface area contributed by atoms with Crippen molar-refractivity contribution < 1.29 is 4.79 Å². The van der Waals surface area contributed by atoms with Gasteiger partial charge in [-0.2, -0.15) is 0 Å². The van der Waals surface area contributed by atoms with Crippen molar-refractivity contribution in [1.29, 1.82) is 0 Å². The molecule has 0 radical (unpaired) electrons. The number of para-hydroxylation sites is 1. The number of amides is 1. The van der Waals surface area contributed by atoms with Crippen molar-refractivity contribution >= 4 is 16.8 Å². The second-order valence-corrected chi connectivity index (χ2v) is 8.46. The topological polar surface area (TPSA) is 78.1 Å². The zero-order chi connectivity index (χ0) is 22.4. The average Bonchev–Trinajstić information content (AvgIpc) is 2.73. The highest BCUT2D eigenvalue weighted by atomic mass is 16.2. The van der Waals surface area contributed by atoms with Crippen LogP contribution in [0.15, 0.2) is 53.3 Å². The van der Waals surface area contributed by atoms with Gasteiger partial charge in [-0.05, 0) is 49.1 Å². The maximum atomic E-state index is 12.6. The van der Waals surface area contributed by atoms with Crippen molar-refractivity contribution in [1.82, 2.24) is 20.2 Å². The van der Waals surface area contributed by atoms with Crippen LogP contribution in [-0.2, 0) is 17.8 Å². The molecule has 0 aliphatic heterocycles. The van der Waals surface area contributed by atoms with Gasteiger partial charge in [-0.3, -0.25) is 14.5 Å². The fraction of sp³-hybridized carbons (Fsp3) is 0.400. The molecule has 31 heavy (non-hydrogen) atoms. The van der Waals surface area contributed by atoms with Gasteiger partial charge in [-0.25, -0.2) is 4.98 Å². The summed E-state index contributed by atoms with van der Waals surface area (Å²) in [5.41, 5.74) is 2.91. The van der Waals surface area contributed by atoms with E-state index in [1.807, 2.05) is 36.9 Å². The summed E-state index contributed by atoms with van der Waals surface area (Å²) in [7, 11) is 0. The number of fused-ring (bicyclic) bond motifs is 1. The molecule has 1 aromatic heterocycles. The number of hydrogen-bond acceptors (Lipinski definition) is 4. The lowest BCUT2D eigenvalue weighted by Crippen LogP contribution is -2.38. The van der Waals surface area contributed by atoms with Crippen LogP contribution < -0.4 is 10.9 Å². The molecule has 2 aromatic carbocycles. The van der Waals surface area contributed by atoms with Crippen LogP contribution in [-0.4, -0.2) is 33.9 Å². The number of carbonyl (C=O) groups excluding carboxylic acids is 1. The molecule has 0 aliphatic rings. The molecule has 0 saturated heterocycles. The molecule has 0 fully saturated rings. The molecule has 1 unspecified atom stereocenters. The normalized spacial score (nSPS) is 12.5. The Hall–Kier alpha value is -2.99. The summed E-state index contributed by atoms with van der Waals surface area (Å²) in [5.74, 6) is 1.13. The third kappa shape index (κ3) is 6.25. The first-order chi connectivity index (χ1) is 14.9. The zero-order valence-electron chi connectivity index (χ0n) is 18.8. The first-order valence-electron chi connectivity index (χ1n) is 10.9. The Morgan fingerprint density at radius 1 is 1.10 bits per heavy atom. The third-order valence-corrected chi connectivity index (χ3v) is 5.35. The molecule has 1 amide bonds. The number of aromatic amines is 1. The van der Waals surface area contributed by atoms with E-state index in [1.54, 1.807) is 6.07 Å². The molecular formula is C25H32N4O2. The minimum Gasteiger partial charge on any atom is -0.348 e. The predicted molar refractivity (Wildman–Crippen MR) is 125 cm³/mol. The minimum absolute atomic E-state index is 0.0521. The number of H-pyrrole nitrogens is 1. The van der Waals surface area contributed by atoms with Crippen LogP contribution in [0.2, 0.25) is 0 Å². The van der Waals surface area contributed by atoms with Gasteiger partial charge < -0.3 is 10.3 Å². The molecule has 3 rings (SSSR count). The van der Waals surface area contributed by atoms with Crippen LogP contribution in [0.1, 0.15) is 50.7 Å². The third-order valence-electron chi connectivity index (χ3n) is 5.35. The summed E-state index contributed by atoms with van der Waals surface area (Å²) in [6, 6.07) is 15.6. The summed E-state index contributed by atoms with van der Waals surface area (Å²) >= 11 is 0. The van der Waals surface area contributed by atoms with E-state index in [-0.39, 0.29) is 24.1 Å². The second kappa shape index (κ2) is 10.4. The Morgan fingerprint density at radius 3 is 2.48 bits per heavy atom. The number of carbonyl (C=O) groups is 1. The van der Waals surface area contributed by atoms with Gasteiger partial charge in [0.2, 0.25) is 5.91 Å². The number of likely N-dealkylation sites (N-methyl/N-ethyl adjacent to an activating group) is 1. The Balaban J connectivity index is 1.60. The molecule has 1 heterocycles. The Bertz CT molecular complexity index is 1070. The van der Waals surface area contributed by atoms with Crippen molar-refractivity contribution in [3.63, 3.8) is 0 Å². The van der Waals surface area contributed by atoms with E-state index in [0.717, 1.165) is 12.0 Å². The Kier molecular flexibility index (Phi) is 7.58. The number of aromatic nitrogens is 2. The van der Waals surface area contributed by atoms with E-state index in [2.05, 4.69) is 53.4 Å². The summed E-state index contributed by atoms with van der Waals surface area (Å²) in [5, 5.41) is 3.64. The maximum Gasteiger partial charge on any atom is 0.258 e. The molecule has 164 valence electrons. The average molecular weight is 421 g/mol. The van der Waals surface area contributed by atoms with Crippen molar-refractivity contribution in [2.24, 2.45) is 5.92 Å². The number of benzene rings is 2. The quantitative estimate of drug-likeness (QED) is 0.552. The zero-order valence-corrected chi connectivity index (χ0v) is 18.8.